The van der Waals surface area contributed by atoms with Gasteiger partial charge in [0.05, 0.1) is 10.2 Å². The van der Waals surface area contributed by atoms with Crippen molar-refractivity contribution in [3.63, 3.8) is 0 Å². The van der Waals surface area contributed by atoms with Crippen molar-refractivity contribution >= 4 is 39.1 Å². The summed E-state index contributed by atoms with van der Waals surface area (Å²) in [6.07, 6.45) is 0.657. The second kappa shape index (κ2) is 8.17. The lowest BCUT2D eigenvalue weighted by Crippen LogP contribution is -2.28. The van der Waals surface area contributed by atoms with Crippen LogP contribution in [-0.4, -0.2) is 17.0 Å². The number of amides is 1. The fourth-order valence-corrected chi connectivity index (χ4v) is 4.31. The van der Waals surface area contributed by atoms with Crippen molar-refractivity contribution in [2.75, 3.05) is 6.54 Å². The molecule has 0 spiro atoms. The van der Waals surface area contributed by atoms with E-state index in [1.54, 1.807) is 17.4 Å². The van der Waals surface area contributed by atoms with Gasteiger partial charge in [-0.15, -0.1) is 11.3 Å². The van der Waals surface area contributed by atoms with Crippen LogP contribution in [0.25, 0.3) is 10.2 Å². The largest absolute Gasteiger partial charge is 0.350 e. The average Bonchev–Trinajstić information content (AvgIpc) is 3.26. The SMILES string of the molecule is O=C(NCCc1ccccc1Cl)c1cc2sccc2n1Cc1cccc(F)c1. The first-order chi connectivity index (χ1) is 13.6. The molecule has 0 aliphatic heterocycles. The Morgan fingerprint density at radius 1 is 1.11 bits per heavy atom. The number of rotatable bonds is 6. The molecule has 0 aliphatic rings. The van der Waals surface area contributed by atoms with Crippen molar-refractivity contribution < 1.29 is 9.18 Å². The summed E-state index contributed by atoms with van der Waals surface area (Å²) in [5.41, 5.74) is 3.37. The Bertz CT molecular complexity index is 1130. The molecule has 4 rings (SSSR count). The minimum atomic E-state index is -0.281. The summed E-state index contributed by atoms with van der Waals surface area (Å²) in [7, 11) is 0. The van der Waals surface area contributed by atoms with Crippen LogP contribution in [0.15, 0.2) is 66.0 Å². The van der Waals surface area contributed by atoms with Crippen LogP contribution in [0.5, 0.6) is 0 Å². The highest BCUT2D eigenvalue weighted by Gasteiger charge is 2.17. The van der Waals surface area contributed by atoms with Crippen molar-refractivity contribution in [3.05, 3.63) is 93.7 Å². The van der Waals surface area contributed by atoms with E-state index in [4.69, 9.17) is 11.6 Å². The lowest BCUT2D eigenvalue weighted by Gasteiger charge is -2.11. The standard InChI is InChI=1S/C22H18ClFN2OS/c23-18-7-2-1-5-16(18)8-10-25-22(27)20-13-21-19(9-11-28-21)26(20)14-15-4-3-6-17(24)12-15/h1-7,9,11-13H,8,10,14H2,(H,25,27). The number of carbonyl (C=O) groups excluding carboxylic acids is 1. The van der Waals surface area contributed by atoms with Gasteiger partial charge in [-0.3, -0.25) is 4.79 Å². The molecule has 0 aliphatic carbocycles. The van der Waals surface area contributed by atoms with Gasteiger partial charge in [0, 0.05) is 18.1 Å². The van der Waals surface area contributed by atoms with Gasteiger partial charge in [0.2, 0.25) is 0 Å². The molecule has 0 saturated heterocycles. The van der Waals surface area contributed by atoms with Crippen LogP contribution in [0.2, 0.25) is 5.02 Å². The second-order valence-corrected chi connectivity index (χ2v) is 7.87. The summed E-state index contributed by atoms with van der Waals surface area (Å²) in [5, 5.41) is 5.67. The number of nitrogens with zero attached hydrogens (tertiary/aromatic N) is 1. The van der Waals surface area contributed by atoms with E-state index in [1.807, 2.05) is 52.4 Å². The predicted molar refractivity (Wildman–Crippen MR) is 113 cm³/mol. The van der Waals surface area contributed by atoms with Crippen molar-refractivity contribution in [3.8, 4) is 0 Å². The number of carbonyl (C=O) groups is 1. The Balaban J connectivity index is 1.53. The number of thiophene rings is 1. The van der Waals surface area contributed by atoms with Gasteiger partial charge >= 0.3 is 0 Å². The quantitative estimate of drug-likeness (QED) is 0.444. The third-order valence-corrected chi connectivity index (χ3v) is 5.84. The Hall–Kier alpha value is -2.63. The maximum absolute atomic E-state index is 13.6. The monoisotopic (exact) mass is 412 g/mol. The lowest BCUT2D eigenvalue weighted by atomic mass is 10.1. The summed E-state index contributed by atoms with van der Waals surface area (Å²) in [6, 6.07) is 18.0. The van der Waals surface area contributed by atoms with Gasteiger partial charge < -0.3 is 9.88 Å². The zero-order valence-corrected chi connectivity index (χ0v) is 16.6. The first-order valence-corrected chi connectivity index (χ1v) is 10.2. The van der Waals surface area contributed by atoms with Crippen molar-refractivity contribution in [2.45, 2.75) is 13.0 Å². The Morgan fingerprint density at radius 3 is 2.79 bits per heavy atom. The lowest BCUT2D eigenvalue weighted by molar-refractivity contribution is 0.0946. The van der Waals surface area contributed by atoms with E-state index < -0.39 is 0 Å². The predicted octanol–water partition coefficient (Wildman–Crippen LogP) is 5.52. The smallest absolute Gasteiger partial charge is 0.267 e. The van der Waals surface area contributed by atoms with Gasteiger partial charge in [-0.25, -0.2) is 4.39 Å². The van der Waals surface area contributed by atoms with Crippen LogP contribution in [-0.2, 0) is 13.0 Å². The van der Waals surface area contributed by atoms with Crippen LogP contribution in [0.3, 0.4) is 0 Å². The molecule has 142 valence electrons. The van der Waals surface area contributed by atoms with Crippen LogP contribution in [0.4, 0.5) is 4.39 Å². The number of nitrogens with one attached hydrogen (secondary N) is 1. The van der Waals surface area contributed by atoms with Crippen molar-refractivity contribution in [1.82, 2.24) is 9.88 Å². The van der Waals surface area contributed by atoms with E-state index >= 15 is 0 Å². The molecule has 2 heterocycles. The molecule has 1 N–H and O–H groups in total. The molecule has 2 aromatic carbocycles. The number of benzene rings is 2. The first-order valence-electron chi connectivity index (χ1n) is 8.94. The highest BCUT2D eigenvalue weighted by atomic mass is 35.5. The summed E-state index contributed by atoms with van der Waals surface area (Å²) in [6.45, 7) is 0.923. The van der Waals surface area contributed by atoms with Gasteiger partial charge in [0.15, 0.2) is 0 Å². The molecule has 28 heavy (non-hydrogen) atoms. The van der Waals surface area contributed by atoms with E-state index in [0.717, 1.165) is 21.3 Å². The molecule has 2 aromatic heterocycles. The number of halogens is 2. The normalized spacial score (nSPS) is 11.1. The Labute approximate surface area is 171 Å². The number of hydrogen-bond donors (Lipinski definition) is 1. The topological polar surface area (TPSA) is 34.0 Å². The molecule has 0 bridgehead atoms. The van der Waals surface area contributed by atoms with Crippen LogP contribution < -0.4 is 5.32 Å². The molecular formula is C22H18ClFN2OS. The highest BCUT2D eigenvalue weighted by molar-refractivity contribution is 7.17. The number of fused-ring (bicyclic) bond motifs is 1. The van der Waals surface area contributed by atoms with Crippen LogP contribution >= 0.6 is 22.9 Å². The molecule has 0 unspecified atom stereocenters. The molecule has 0 atom stereocenters. The fraction of sp³-hybridized carbons (Fsp3) is 0.136. The Morgan fingerprint density at radius 2 is 1.96 bits per heavy atom. The van der Waals surface area contributed by atoms with Crippen molar-refractivity contribution in [1.29, 1.82) is 0 Å². The van der Waals surface area contributed by atoms with Gasteiger partial charge in [-0.1, -0.05) is 41.9 Å². The average molecular weight is 413 g/mol. The summed E-state index contributed by atoms with van der Waals surface area (Å²) < 4.78 is 16.5. The maximum atomic E-state index is 13.6. The molecule has 3 nitrogen and oxygen atoms in total. The highest BCUT2D eigenvalue weighted by Crippen LogP contribution is 2.26. The summed E-state index contributed by atoms with van der Waals surface area (Å²) >= 11 is 7.76. The van der Waals surface area contributed by atoms with E-state index in [1.165, 1.54) is 12.1 Å². The minimum absolute atomic E-state index is 0.146. The van der Waals surface area contributed by atoms with E-state index in [-0.39, 0.29) is 11.7 Å². The Kier molecular flexibility index (Phi) is 5.46. The fourth-order valence-electron chi connectivity index (χ4n) is 3.26. The molecule has 0 fully saturated rings. The minimum Gasteiger partial charge on any atom is -0.350 e. The zero-order chi connectivity index (χ0) is 19.5. The molecule has 4 aromatic rings. The molecule has 0 radical (unpaired) electrons. The number of hydrogen-bond acceptors (Lipinski definition) is 2. The van der Waals surface area contributed by atoms with Crippen LogP contribution in [0, 0.1) is 5.82 Å². The van der Waals surface area contributed by atoms with Gasteiger partial charge in [-0.2, -0.15) is 0 Å². The van der Waals surface area contributed by atoms with Gasteiger partial charge in [0.25, 0.3) is 5.91 Å². The third-order valence-electron chi connectivity index (χ3n) is 4.62. The summed E-state index contributed by atoms with van der Waals surface area (Å²) in [4.78, 5) is 12.8. The maximum Gasteiger partial charge on any atom is 0.267 e. The zero-order valence-electron chi connectivity index (χ0n) is 15.0. The van der Waals surface area contributed by atoms with Gasteiger partial charge in [-0.05, 0) is 53.3 Å². The first kappa shape index (κ1) is 18.7. The van der Waals surface area contributed by atoms with Crippen LogP contribution in [0.1, 0.15) is 21.6 Å². The van der Waals surface area contributed by atoms with Crippen molar-refractivity contribution in [2.24, 2.45) is 0 Å². The molecule has 6 heteroatoms. The second-order valence-electron chi connectivity index (χ2n) is 6.51. The van der Waals surface area contributed by atoms with E-state index in [0.29, 0.717) is 30.2 Å². The summed E-state index contributed by atoms with van der Waals surface area (Å²) in [5.74, 6) is -0.427. The van der Waals surface area contributed by atoms with E-state index in [9.17, 15) is 9.18 Å². The van der Waals surface area contributed by atoms with Gasteiger partial charge in [0.1, 0.15) is 11.5 Å². The molecule has 0 saturated carbocycles. The number of aromatic nitrogens is 1. The third kappa shape index (κ3) is 3.96. The molecular weight excluding hydrogens is 395 g/mol. The van der Waals surface area contributed by atoms with E-state index in [2.05, 4.69) is 5.32 Å². The molecule has 1 amide bonds.